The second kappa shape index (κ2) is 6.91. The third-order valence-corrected chi connectivity index (χ3v) is 5.12. The Hall–Kier alpha value is -0.900. The topological polar surface area (TPSA) is 30.5 Å². The summed E-state index contributed by atoms with van der Waals surface area (Å²) in [6.07, 6.45) is 5.02. The van der Waals surface area contributed by atoms with Gasteiger partial charge < -0.3 is 14.8 Å². The molecule has 21 heavy (non-hydrogen) atoms. The maximum Gasteiger partial charge on any atom is 0.183 e. The SMILES string of the molecule is CNC1CCC(C2COC(c3ccc(C)cc3)OC2)CC1. The first-order valence-electron chi connectivity index (χ1n) is 8.23. The maximum absolute atomic E-state index is 5.99. The first-order valence-corrected chi connectivity index (χ1v) is 8.23. The van der Waals surface area contributed by atoms with Crippen molar-refractivity contribution in [3.8, 4) is 0 Å². The Bertz CT molecular complexity index is 429. The third kappa shape index (κ3) is 3.65. The number of rotatable bonds is 3. The van der Waals surface area contributed by atoms with E-state index in [0.29, 0.717) is 12.0 Å². The summed E-state index contributed by atoms with van der Waals surface area (Å²) in [6.45, 7) is 3.78. The van der Waals surface area contributed by atoms with Gasteiger partial charge in [0.1, 0.15) is 0 Å². The van der Waals surface area contributed by atoms with E-state index in [1.807, 2.05) is 0 Å². The summed E-state index contributed by atoms with van der Waals surface area (Å²) < 4.78 is 12.0. The first-order chi connectivity index (χ1) is 10.3. The van der Waals surface area contributed by atoms with E-state index in [1.165, 1.54) is 31.2 Å². The number of nitrogens with one attached hydrogen (secondary N) is 1. The van der Waals surface area contributed by atoms with Gasteiger partial charge >= 0.3 is 0 Å². The van der Waals surface area contributed by atoms with Crippen molar-refractivity contribution in [2.75, 3.05) is 20.3 Å². The molecule has 3 heteroatoms. The van der Waals surface area contributed by atoms with Crippen LogP contribution in [0.4, 0.5) is 0 Å². The lowest BCUT2D eigenvalue weighted by atomic mass is 9.78. The molecule has 0 amide bonds. The normalized spacial score (nSPS) is 33.8. The van der Waals surface area contributed by atoms with Crippen molar-refractivity contribution >= 4 is 0 Å². The van der Waals surface area contributed by atoms with Crippen LogP contribution in [0.3, 0.4) is 0 Å². The Balaban J connectivity index is 1.50. The average molecular weight is 289 g/mol. The van der Waals surface area contributed by atoms with Crippen molar-refractivity contribution in [3.63, 3.8) is 0 Å². The van der Waals surface area contributed by atoms with Crippen LogP contribution < -0.4 is 5.32 Å². The van der Waals surface area contributed by atoms with Gasteiger partial charge in [-0.05, 0) is 45.6 Å². The van der Waals surface area contributed by atoms with Crippen LogP contribution >= 0.6 is 0 Å². The van der Waals surface area contributed by atoms with E-state index >= 15 is 0 Å². The van der Waals surface area contributed by atoms with Crippen LogP contribution in [-0.4, -0.2) is 26.3 Å². The van der Waals surface area contributed by atoms with Gasteiger partial charge in [0.15, 0.2) is 6.29 Å². The maximum atomic E-state index is 5.99. The monoisotopic (exact) mass is 289 g/mol. The zero-order chi connectivity index (χ0) is 14.7. The van der Waals surface area contributed by atoms with Crippen molar-refractivity contribution in [2.24, 2.45) is 11.8 Å². The van der Waals surface area contributed by atoms with Crippen LogP contribution in [0.25, 0.3) is 0 Å². The Morgan fingerprint density at radius 1 is 0.905 bits per heavy atom. The molecule has 116 valence electrons. The fourth-order valence-corrected chi connectivity index (χ4v) is 3.59. The molecule has 1 aliphatic carbocycles. The lowest BCUT2D eigenvalue weighted by Gasteiger charge is -2.37. The summed E-state index contributed by atoms with van der Waals surface area (Å²) in [5.41, 5.74) is 2.41. The highest BCUT2D eigenvalue weighted by Crippen LogP contribution is 2.35. The number of ether oxygens (including phenoxy) is 2. The number of benzene rings is 1. The molecule has 0 aromatic heterocycles. The highest BCUT2D eigenvalue weighted by atomic mass is 16.7. The quantitative estimate of drug-likeness (QED) is 0.924. The molecule has 0 spiro atoms. The van der Waals surface area contributed by atoms with Gasteiger partial charge in [0, 0.05) is 17.5 Å². The van der Waals surface area contributed by atoms with Crippen LogP contribution in [0.2, 0.25) is 0 Å². The van der Waals surface area contributed by atoms with Crippen LogP contribution in [-0.2, 0) is 9.47 Å². The molecular weight excluding hydrogens is 262 g/mol. The highest BCUT2D eigenvalue weighted by molar-refractivity contribution is 5.22. The van der Waals surface area contributed by atoms with Crippen LogP contribution in [0.15, 0.2) is 24.3 Å². The van der Waals surface area contributed by atoms with Crippen LogP contribution in [0.5, 0.6) is 0 Å². The van der Waals surface area contributed by atoms with Gasteiger partial charge in [-0.2, -0.15) is 0 Å². The fraction of sp³-hybridized carbons (Fsp3) is 0.667. The fourth-order valence-electron chi connectivity index (χ4n) is 3.59. The summed E-state index contributed by atoms with van der Waals surface area (Å²) >= 11 is 0. The second-order valence-electron chi connectivity index (χ2n) is 6.57. The van der Waals surface area contributed by atoms with E-state index in [1.54, 1.807) is 0 Å². The zero-order valence-corrected chi connectivity index (χ0v) is 13.2. The van der Waals surface area contributed by atoms with Crippen LogP contribution in [0.1, 0.15) is 43.1 Å². The predicted octanol–water partition coefficient (Wildman–Crippen LogP) is 3.43. The van der Waals surface area contributed by atoms with Gasteiger partial charge in [0.2, 0.25) is 0 Å². The van der Waals surface area contributed by atoms with Crippen molar-refractivity contribution in [3.05, 3.63) is 35.4 Å². The van der Waals surface area contributed by atoms with E-state index in [0.717, 1.165) is 24.7 Å². The molecule has 1 N–H and O–H groups in total. The largest absolute Gasteiger partial charge is 0.348 e. The molecule has 0 bridgehead atoms. The first kappa shape index (κ1) is 15.0. The van der Waals surface area contributed by atoms with Gasteiger partial charge in [0.25, 0.3) is 0 Å². The van der Waals surface area contributed by atoms with E-state index in [-0.39, 0.29) is 6.29 Å². The summed E-state index contributed by atoms with van der Waals surface area (Å²) in [7, 11) is 2.07. The van der Waals surface area contributed by atoms with Crippen molar-refractivity contribution in [2.45, 2.75) is 44.9 Å². The van der Waals surface area contributed by atoms with E-state index in [4.69, 9.17) is 9.47 Å². The minimum atomic E-state index is -0.171. The molecule has 2 fully saturated rings. The van der Waals surface area contributed by atoms with Gasteiger partial charge in [-0.15, -0.1) is 0 Å². The Morgan fingerprint density at radius 2 is 1.52 bits per heavy atom. The average Bonchev–Trinajstić information content (AvgIpc) is 2.56. The lowest BCUT2D eigenvalue weighted by Crippen LogP contribution is -2.37. The molecule has 1 aromatic carbocycles. The number of hydrogen-bond acceptors (Lipinski definition) is 3. The predicted molar refractivity (Wildman–Crippen MR) is 84.1 cm³/mol. The highest BCUT2D eigenvalue weighted by Gasteiger charge is 2.31. The molecule has 1 aromatic rings. The number of hydrogen-bond donors (Lipinski definition) is 1. The summed E-state index contributed by atoms with van der Waals surface area (Å²) in [5, 5.41) is 3.40. The van der Waals surface area contributed by atoms with E-state index in [2.05, 4.69) is 43.6 Å². The van der Waals surface area contributed by atoms with Crippen molar-refractivity contribution in [1.29, 1.82) is 0 Å². The standard InChI is InChI=1S/C18H27NO2/c1-13-3-5-15(6-4-13)18-20-11-16(12-21-18)14-7-9-17(19-2)10-8-14/h3-6,14,16-19H,7-12H2,1-2H3. The lowest BCUT2D eigenvalue weighted by molar-refractivity contribution is -0.214. The molecule has 0 unspecified atom stereocenters. The third-order valence-electron chi connectivity index (χ3n) is 5.12. The van der Waals surface area contributed by atoms with Gasteiger partial charge in [-0.1, -0.05) is 29.8 Å². The molecule has 1 saturated carbocycles. The molecule has 0 atom stereocenters. The molecule has 3 rings (SSSR count). The van der Waals surface area contributed by atoms with Crippen LogP contribution in [0, 0.1) is 18.8 Å². The van der Waals surface area contributed by atoms with Gasteiger partial charge in [-0.3, -0.25) is 0 Å². The summed E-state index contributed by atoms with van der Waals surface area (Å²) in [5.74, 6) is 1.35. The molecular formula is C18H27NO2. The van der Waals surface area contributed by atoms with Crippen molar-refractivity contribution in [1.82, 2.24) is 5.32 Å². The summed E-state index contributed by atoms with van der Waals surface area (Å²) in [4.78, 5) is 0. The van der Waals surface area contributed by atoms with E-state index in [9.17, 15) is 0 Å². The Kier molecular flexibility index (Phi) is 4.94. The molecule has 2 aliphatic rings. The summed E-state index contributed by atoms with van der Waals surface area (Å²) in [6, 6.07) is 9.17. The van der Waals surface area contributed by atoms with Crippen molar-refractivity contribution < 1.29 is 9.47 Å². The minimum Gasteiger partial charge on any atom is -0.348 e. The smallest absolute Gasteiger partial charge is 0.183 e. The molecule has 3 nitrogen and oxygen atoms in total. The minimum absolute atomic E-state index is 0.171. The number of aryl methyl sites for hydroxylation is 1. The van der Waals surface area contributed by atoms with Gasteiger partial charge in [-0.25, -0.2) is 0 Å². The Labute approximate surface area is 128 Å². The molecule has 1 aliphatic heterocycles. The Morgan fingerprint density at radius 3 is 2.10 bits per heavy atom. The van der Waals surface area contributed by atoms with E-state index < -0.39 is 0 Å². The van der Waals surface area contributed by atoms with Gasteiger partial charge in [0.05, 0.1) is 13.2 Å². The zero-order valence-electron chi connectivity index (χ0n) is 13.2. The second-order valence-corrected chi connectivity index (χ2v) is 6.57. The molecule has 1 saturated heterocycles. The molecule has 0 radical (unpaired) electrons. The molecule has 1 heterocycles.